The van der Waals surface area contributed by atoms with Crippen LogP contribution in [0.4, 0.5) is 4.79 Å². The molecular formula is C15H12N2NaO2. The molecule has 1 radical (unpaired) electrons. The predicted octanol–water partition coefficient (Wildman–Crippen LogP) is 1.39. The third kappa shape index (κ3) is 2.26. The van der Waals surface area contributed by atoms with Crippen molar-refractivity contribution in [2.75, 3.05) is 0 Å². The fourth-order valence-electron chi connectivity index (χ4n) is 2.40. The maximum Gasteiger partial charge on any atom is 0.322 e. The normalized spacial score (nSPS) is 16.0. The molecule has 2 aromatic carbocycles. The number of nitrogens with one attached hydrogen (secondary N) is 2. The molecule has 0 saturated carbocycles. The number of benzene rings is 2. The summed E-state index contributed by atoms with van der Waals surface area (Å²) in [6.07, 6.45) is 0. The summed E-state index contributed by atoms with van der Waals surface area (Å²) in [6.45, 7) is 0. The molecule has 0 spiro atoms. The summed E-state index contributed by atoms with van der Waals surface area (Å²) >= 11 is 0. The Balaban J connectivity index is 0.00000147. The summed E-state index contributed by atoms with van der Waals surface area (Å²) in [5.74, 6) is -0.352. The van der Waals surface area contributed by atoms with E-state index in [2.05, 4.69) is 10.6 Å². The van der Waals surface area contributed by atoms with Gasteiger partial charge in [-0.25, -0.2) is 4.79 Å². The number of hydrogen-bond acceptors (Lipinski definition) is 2. The van der Waals surface area contributed by atoms with Crippen molar-refractivity contribution in [3.8, 4) is 0 Å². The first-order valence-corrected chi connectivity index (χ1v) is 5.98. The van der Waals surface area contributed by atoms with Crippen LogP contribution >= 0.6 is 0 Å². The van der Waals surface area contributed by atoms with Gasteiger partial charge in [-0.2, -0.15) is 0 Å². The van der Waals surface area contributed by atoms with Crippen molar-refractivity contribution in [2.24, 2.45) is 0 Å². The van der Waals surface area contributed by atoms with Gasteiger partial charge in [-0.05, 0) is 11.1 Å². The van der Waals surface area contributed by atoms with Crippen molar-refractivity contribution in [3.05, 3.63) is 71.8 Å². The van der Waals surface area contributed by atoms with E-state index in [4.69, 9.17) is 0 Å². The maximum absolute atomic E-state index is 12.3. The largest absolute Gasteiger partial charge is 0.322 e. The molecule has 1 aliphatic rings. The van der Waals surface area contributed by atoms with Crippen molar-refractivity contribution >= 4 is 41.5 Å². The number of carbonyl (C=O) groups is 2. The van der Waals surface area contributed by atoms with Crippen LogP contribution in [0, 0.1) is 0 Å². The zero-order chi connectivity index (χ0) is 13.3. The standard InChI is InChI=1S/C15H12N2O2.Na/c18-13-15(17-14(19)16-13,11-7-3-1-4-8-11)12-9-5-2-6-10-12;/h1-10H,(H2,16,17,18,19);. The molecule has 0 atom stereocenters. The topological polar surface area (TPSA) is 58.2 Å². The van der Waals surface area contributed by atoms with E-state index in [0.29, 0.717) is 0 Å². The summed E-state index contributed by atoms with van der Waals surface area (Å²) < 4.78 is 0. The summed E-state index contributed by atoms with van der Waals surface area (Å²) in [5, 5.41) is 5.07. The van der Waals surface area contributed by atoms with Gasteiger partial charge in [0, 0.05) is 29.6 Å². The fourth-order valence-corrected chi connectivity index (χ4v) is 2.40. The Kier molecular flexibility index (Phi) is 4.28. The van der Waals surface area contributed by atoms with Crippen LogP contribution in [-0.2, 0) is 10.3 Å². The molecule has 0 unspecified atom stereocenters. The SMILES string of the molecule is O=C1NC(=O)C(c2ccccc2)(c2ccccc2)N1.[Na]. The first-order chi connectivity index (χ1) is 9.23. The zero-order valence-corrected chi connectivity index (χ0v) is 13.1. The van der Waals surface area contributed by atoms with Crippen molar-refractivity contribution in [1.82, 2.24) is 10.6 Å². The van der Waals surface area contributed by atoms with E-state index in [9.17, 15) is 9.59 Å². The van der Waals surface area contributed by atoms with Crippen molar-refractivity contribution in [1.29, 1.82) is 0 Å². The Morgan fingerprint density at radius 2 is 1.20 bits per heavy atom. The second-order valence-electron chi connectivity index (χ2n) is 4.39. The van der Waals surface area contributed by atoms with Crippen LogP contribution < -0.4 is 10.6 Å². The first kappa shape index (κ1) is 14.8. The van der Waals surface area contributed by atoms with E-state index in [1.54, 1.807) is 0 Å². The Labute approximate surface area is 138 Å². The molecular weight excluding hydrogens is 263 g/mol. The molecule has 1 fully saturated rings. The molecule has 1 aliphatic heterocycles. The van der Waals surface area contributed by atoms with Crippen LogP contribution in [0.5, 0.6) is 0 Å². The summed E-state index contributed by atoms with van der Waals surface area (Å²) in [6, 6.07) is 18.0. The van der Waals surface area contributed by atoms with Gasteiger partial charge in [0.05, 0.1) is 0 Å². The molecule has 5 heteroatoms. The van der Waals surface area contributed by atoms with E-state index in [1.165, 1.54) is 0 Å². The van der Waals surface area contributed by atoms with E-state index < -0.39 is 11.6 Å². The quantitative estimate of drug-likeness (QED) is 0.643. The number of carbonyl (C=O) groups excluding carboxylic acids is 2. The van der Waals surface area contributed by atoms with E-state index in [0.717, 1.165) is 11.1 Å². The second kappa shape index (κ2) is 5.79. The zero-order valence-electron chi connectivity index (χ0n) is 11.1. The number of hydrogen-bond donors (Lipinski definition) is 2. The minimum atomic E-state index is -1.14. The summed E-state index contributed by atoms with van der Waals surface area (Å²) in [4.78, 5) is 23.9. The predicted molar refractivity (Wildman–Crippen MR) is 76.1 cm³/mol. The van der Waals surface area contributed by atoms with Gasteiger partial charge in [-0.1, -0.05) is 60.7 Å². The Morgan fingerprint density at radius 3 is 1.55 bits per heavy atom. The number of rotatable bonds is 2. The van der Waals surface area contributed by atoms with Crippen LogP contribution in [0.15, 0.2) is 60.7 Å². The van der Waals surface area contributed by atoms with Crippen molar-refractivity contribution < 1.29 is 9.59 Å². The molecule has 3 rings (SSSR count). The first-order valence-electron chi connectivity index (χ1n) is 5.98. The van der Waals surface area contributed by atoms with Gasteiger partial charge in [-0.15, -0.1) is 0 Å². The van der Waals surface area contributed by atoms with Crippen LogP contribution in [0.1, 0.15) is 11.1 Å². The van der Waals surface area contributed by atoms with Crippen LogP contribution in [0.3, 0.4) is 0 Å². The third-order valence-corrected chi connectivity index (χ3v) is 3.28. The smallest absolute Gasteiger partial charge is 0.316 e. The minimum absolute atomic E-state index is 0. The van der Waals surface area contributed by atoms with Gasteiger partial charge in [-0.3, -0.25) is 10.1 Å². The number of amides is 3. The Morgan fingerprint density at radius 1 is 0.750 bits per heavy atom. The molecule has 2 aromatic rings. The molecule has 1 saturated heterocycles. The molecule has 0 aliphatic carbocycles. The van der Waals surface area contributed by atoms with Gasteiger partial charge in [0.1, 0.15) is 0 Å². The van der Waals surface area contributed by atoms with Crippen molar-refractivity contribution in [2.45, 2.75) is 5.54 Å². The van der Waals surface area contributed by atoms with Gasteiger partial charge in [0.15, 0.2) is 5.54 Å². The molecule has 95 valence electrons. The molecule has 4 nitrogen and oxygen atoms in total. The molecule has 3 amide bonds. The molecule has 20 heavy (non-hydrogen) atoms. The van der Waals surface area contributed by atoms with Gasteiger partial charge in [0.25, 0.3) is 5.91 Å². The molecule has 1 heterocycles. The van der Waals surface area contributed by atoms with Crippen molar-refractivity contribution in [3.63, 3.8) is 0 Å². The van der Waals surface area contributed by atoms with E-state index in [-0.39, 0.29) is 35.5 Å². The van der Waals surface area contributed by atoms with E-state index in [1.807, 2.05) is 60.7 Å². The van der Waals surface area contributed by atoms with E-state index >= 15 is 0 Å². The molecule has 0 bridgehead atoms. The van der Waals surface area contributed by atoms with Crippen LogP contribution in [-0.4, -0.2) is 41.5 Å². The number of urea groups is 1. The average Bonchev–Trinajstić information content (AvgIpc) is 2.76. The minimum Gasteiger partial charge on any atom is -0.316 e. The van der Waals surface area contributed by atoms with Gasteiger partial charge >= 0.3 is 6.03 Å². The monoisotopic (exact) mass is 275 g/mol. The summed E-state index contributed by atoms with van der Waals surface area (Å²) in [7, 11) is 0. The second-order valence-corrected chi connectivity index (χ2v) is 4.39. The Hall–Kier alpha value is -1.62. The molecule has 2 N–H and O–H groups in total. The summed E-state index contributed by atoms with van der Waals surface area (Å²) in [5.41, 5.74) is 0.341. The average molecular weight is 275 g/mol. The van der Waals surface area contributed by atoms with Crippen LogP contribution in [0.2, 0.25) is 0 Å². The Bertz CT molecular complexity index is 589. The maximum atomic E-state index is 12.3. The van der Waals surface area contributed by atoms with Crippen LogP contribution in [0.25, 0.3) is 0 Å². The molecule has 0 aromatic heterocycles. The number of imide groups is 1. The fraction of sp³-hybridized carbons (Fsp3) is 0.0667. The third-order valence-electron chi connectivity index (χ3n) is 3.28. The van der Waals surface area contributed by atoms with Gasteiger partial charge < -0.3 is 5.32 Å². The van der Waals surface area contributed by atoms with Gasteiger partial charge in [0.2, 0.25) is 0 Å².